The summed E-state index contributed by atoms with van der Waals surface area (Å²) in [6, 6.07) is 15.0. The molecule has 2 aromatic rings. The maximum absolute atomic E-state index is 13.2. The molecule has 0 fully saturated rings. The largest absolute Gasteiger partial charge is 0.397 e. The number of anilines is 2. The molecule has 3 N–H and O–H groups in total. The first kappa shape index (κ1) is 13.4. The summed E-state index contributed by atoms with van der Waals surface area (Å²) in [4.78, 5) is 0. The maximum Gasteiger partial charge on any atom is 0.125 e. The van der Waals surface area contributed by atoms with E-state index in [1.165, 1.54) is 17.7 Å². The van der Waals surface area contributed by atoms with Crippen molar-refractivity contribution in [2.75, 3.05) is 11.1 Å². The number of halogens is 1. The van der Waals surface area contributed by atoms with Gasteiger partial charge in [-0.3, -0.25) is 0 Å². The van der Waals surface area contributed by atoms with Gasteiger partial charge in [0.15, 0.2) is 0 Å². The fraction of sp³-hybridized carbons (Fsp3) is 0.250. The van der Waals surface area contributed by atoms with Gasteiger partial charge in [0.25, 0.3) is 0 Å². The van der Waals surface area contributed by atoms with Crippen LogP contribution in [-0.4, -0.2) is 6.04 Å². The van der Waals surface area contributed by atoms with Crippen LogP contribution in [0.3, 0.4) is 0 Å². The summed E-state index contributed by atoms with van der Waals surface area (Å²) in [6.45, 7) is 2.08. The monoisotopic (exact) mass is 258 g/mol. The molecule has 0 aliphatic carbocycles. The molecule has 19 heavy (non-hydrogen) atoms. The van der Waals surface area contributed by atoms with Gasteiger partial charge in [0, 0.05) is 6.04 Å². The van der Waals surface area contributed by atoms with Gasteiger partial charge in [0.2, 0.25) is 0 Å². The molecule has 100 valence electrons. The number of aryl methyl sites for hydroxylation is 1. The zero-order valence-electron chi connectivity index (χ0n) is 11.1. The molecule has 2 rings (SSSR count). The first-order valence-corrected chi connectivity index (χ1v) is 6.50. The van der Waals surface area contributed by atoms with Crippen LogP contribution < -0.4 is 11.1 Å². The van der Waals surface area contributed by atoms with Gasteiger partial charge in [-0.2, -0.15) is 0 Å². The number of rotatable bonds is 5. The molecule has 0 saturated heterocycles. The van der Waals surface area contributed by atoms with Gasteiger partial charge < -0.3 is 11.1 Å². The van der Waals surface area contributed by atoms with E-state index in [-0.39, 0.29) is 11.9 Å². The zero-order chi connectivity index (χ0) is 13.7. The highest BCUT2D eigenvalue weighted by Crippen LogP contribution is 2.21. The Hall–Kier alpha value is -2.03. The van der Waals surface area contributed by atoms with Gasteiger partial charge in [-0.25, -0.2) is 4.39 Å². The molecule has 0 heterocycles. The van der Waals surface area contributed by atoms with Crippen LogP contribution in [0, 0.1) is 5.82 Å². The van der Waals surface area contributed by atoms with Crippen LogP contribution in [0.15, 0.2) is 48.5 Å². The molecule has 3 heteroatoms. The van der Waals surface area contributed by atoms with E-state index in [0.717, 1.165) is 12.8 Å². The van der Waals surface area contributed by atoms with Crippen molar-refractivity contribution in [2.24, 2.45) is 0 Å². The first-order valence-electron chi connectivity index (χ1n) is 6.50. The van der Waals surface area contributed by atoms with Gasteiger partial charge in [-0.05, 0) is 43.5 Å². The SMILES string of the molecule is CC(CCc1ccccc1)Nc1cc(F)ccc1N. The van der Waals surface area contributed by atoms with Gasteiger partial charge >= 0.3 is 0 Å². The Bertz CT molecular complexity index is 526. The smallest absolute Gasteiger partial charge is 0.125 e. The van der Waals surface area contributed by atoms with Gasteiger partial charge in [0.05, 0.1) is 11.4 Å². The lowest BCUT2D eigenvalue weighted by Gasteiger charge is -2.16. The Labute approximate surface area is 113 Å². The van der Waals surface area contributed by atoms with Crippen molar-refractivity contribution >= 4 is 11.4 Å². The third-order valence-electron chi connectivity index (χ3n) is 3.13. The number of nitrogen functional groups attached to an aromatic ring is 1. The molecule has 0 radical (unpaired) electrons. The van der Waals surface area contributed by atoms with Crippen LogP contribution in [0.2, 0.25) is 0 Å². The standard InChI is InChI=1S/C16H19FN2/c1-12(7-8-13-5-3-2-4-6-13)19-16-11-14(17)9-10-15(16)18/h2-6,9-12,19H,7-8,18H2,1H3. The van der Waals surface area contributed by atoms with E-state index in [0.29, 0.717) is 11.4 Å². The van der Waals surface area contributed by atoms with Crippen LogP contribution in [0.4, 0.5) is 15.8 Å². The molecule has 0 amide bonds. The molecule has 2 nitrogen and oxygen atoms in total. The van der Waals surface area contributed by atoms with E-state index in [9.17, 15) is 4.39 Å². The minimum atomic E-state index is -0.271. The van der Waals surface area contributed by atoms with Crippen molar-refractivity contribution in [3.63, 3.8) is 0 Å². The van der Waals surface area contributed by atoms with Crippen molar-refractivity contribution in [3.8, 4) is 0 Å². The number of nitrogens with two attached hydrogens (primary N) is 1. The predicted octanol–water partition coefficient (Wildman–Crippen LogP) is 3.84. The maximum atomic E-state index is 13.2. The van der Waals surface area contributed by atoms with Gasteiger partial charge in [-0.15, -0.1) is 0 Å². The van der Waals surface area contributed by atoms with Crippen LogP contribution in [0.5, 0.6) is 0 Å². The van der Waals surface area contributed by atoms with E-state index >= 15 is 0 Å². The number of nitrogens with one attached hydrogen (secondary N) is 1. The predicted molar refractivity (Wildman–Crippen MR) is 78.7 cm³/mol. The zero-order valence-corrected chi connectivity index (χ0v) is 11.1. The van der Waals surface area contributed by atoms with Crippen molar-refractivity contribution in [3.05, 3.63) is 59.9 Å². The Morgan fingerprint density at radius 1 is 1.16 bits per heavy atom. The fourth-order valence-electron chi connectivity index (χ4n) is 2.02. The fourth-order valence-corrected chi connectivity index (χ4v) is 2.02. The lowest BCUT2D eigenvalue weighted by Crippen LogP contribution is -2.17. The third-order valence-corrected chi connectivity index (χ3v) is 3.13. The molecular weight excluding hydrogens is 239 g/mol. The lowest BCUT2D eigenvalue weighted by atomic mass is 10.1. The summed E-state index contributed by atoms with van der Waals surface area (Å²) in [6.07, 6.45) is 1.96. The van der Waals surface area contributed by atoms with Crippen LogP contribution in [-0.2, 0) is 6.42 Å². The first-order chi connectivity index (χ1) is 9.15. The van der Waals surface area contributed by atoms with Crippen LogP contribution in [0.1, 0.15) is 18.9 Å². The van der Waals surface area contributed by atoms with Crippen LogP contribution >= 0.6 is 0 Å². The van der Waals surface area contributed by atoms with Crippen molar-refractivity contribution < 1.29 is 4.39 Å². The van der Waals surface area contributed by atoms with Crippen molar-refractivity contribution in [1.29, 1.82) is 0 Å². The topological polar surface area (TPSA) is 38.0 Å². The van der Waals surface area contributed by atoms with E-state index in [4.69, 9.17) is 5.73 Å². The highest BCUT2D eigenvalue weighted by molar-refractivity contribution is 5.66. The second-order valence-corrected chi connectivity index (χ2v) is 4.80. The summed E-state index contributed by atoms with van der Waals surface area (Å²) < 4.78 is 13.2. The molecule has 0 aliphatic rings. The van der Waals surface area contributed by atoms with Crippen LogP contribution in [0.25, 0.3) is 0 Å². The summed E-state index contributed by atoms with van der Waals surface area (Å²) >= 11 is 0. The molecule has 0 bridgehead atoms. The molecule has 0 aromatic heterocycles. The quantitative estimate of drug-likeness (QED) is 0.800. The van der Waals surface area contributed by atoms with E-state index in [2.05, 4.69) is 24.4 Å². The normalized spacial score (nSPS) is 12.1. The number of hydrogen-bond acceptors (Lipinski definition) is 2. The molecule has 1 unspecified atom stereocenters. The molecule has 0 saturated carbocycles. The summed E-state index contributed by atoms with van der Waals surface area (Å²) in [5.41, 5.74) is 8.37. The average molecular weight is 258 g/mol. The number of hydrogen-bond donors (Lipinski definition) is 2. The minimum absolute atomic E-state index is 0.240. The van der Waals surface area contributed by atoms with E-state index in [1.54, 1.807) is 6.07 Å². The average Bonchev–Trinajstić information content (AvgIpc) is 2.42. The van der Waals surface area contributed by atoms with Crippen molar-refractivity contribution in [2.45, 2.75) is 25.8 Å². The highest BCUT2D eigenvalue weighted by Gasteiger charge is 2.06. The van der Waals surface area contributed by atoms with Gasteiger partial charge in [-0.1, -0.05) is 30.3 Å². The Morgan fingerprint density at radius 2 is 1.89 bits per heavy atom. The second kappa shape index (κ2) is 6.23. The summed E-state index contributed by atoms with van der Waals surface area (Å²) in [7, 11) is 0. The minimum Gasteiger partial charge on any atom is -0.397 e. The Morgan fingerprint density at radius 3 is 2.63 bits per heavy atom. The third kappa shape index (κ3) is 3.98. The molecular formula is C16H19FN2. The molecule has 0 spiro atoms. The van der Waals surface area contributed by atoms with Gasteiger partial charge in [0.1, 0.15) is 5.82 Å². The molecule has 2 aromatic carbocycles. The molecule has 1 atom stereocenters. The summed E-state index contributed by atoms with van der Waals surface area (Å²) in [5, 5.41) is 3.26. The molecule has 0 aliphatic heterocycles. The Kier molecular flexibility index (Phi) is 4.39. The van der Waals surface area contributed by atoms with E-state index in [1.807, 2.05) is 18.2 Å². The Balaban J connectivity index is 1.90. The van der Waals surface area contributed by atoms with Crippen molar-refractivity contribution in [1.82, 2.24) is 0 Å². The van der Waals surface area contributed by atoms with E-state index < -0.39 is 0 Å². The highest BCUT2D eigenvalue weighted by atomic mass is 19.1. The number of benzene rings is 2. The lowest BCUT2D eigenvalue weighted by molar-refractivity contribution is 0.627. The summed E-state index contributed by atoms with van der Waals surface area (Å²) in [5.74, 6) is -0.271. The second-order valence-electron chi connectivity index (χ2n) is 4.80.